The van der Waals surface area contributed by atoms with Gasteiger partial charge < -0.3 is 4.90 Å². The van der Waals surface area contributed by atoms with Gasteiger partial charge in [0.2, 0.25) is 0 Å². The van der Waals surface area contributed by atoms with Crippen LogP contribution in [0.1, 0.15) is 5.56 Å². The fourth-order valence-corrected chi connectivity index (χ4v) is 2.34. The summed E-state index contributed by atoms with van der Waals surface area (Å²) < 4.78 is 0. The summed E-state index contributed by atoms with van der Waals surface area (Å²) in [5.74, 6) is 0. The van der Waals surface area contributed by atoms with Crippen LogP contribution < -0.4 is 4.90 Å². The number of anilines is 1. The van der Waals surface area contributed by atoms with Crippen molar-refractivity contribution in [3.63, 3.8) is 0 Å². The number of aromatic nitrogens is 2. The summed E-state index contributed by atoms with van der Waals surface area (Å²) in [7, 11) is 4.08. The van der Waals surface area contributed by atoms with Crippen LogP contribution in [-0.2, 0) is 0 Å². The third-order valence-corrected chi connectivity index (χ3v) is 3.13. The third kappa shape index (κ3) is 1.59. The summed E-state index contributed by atoms with van der Waals surface area (Å²) in [5.41, 5.74) is 6.17. The summed E-state index contributed by atoms with van der Waals surface area (Å²) in [6, 6.07) is 12.1. The smallest absolute Gasteiger partial charge is 0.113 e. The quantitative estimate of drug-likeness (QED) is 0.609. The molecule has 0 fully saturated rings. The van der Waals surface area contributed by atoms with Gasteiger partial charge in [-0.25, -0.2) is 9.97 Å². The summed E-state index contributed by atoms with van der Waals surface area (Å²) in [5, 5.41) is 0. The number of hydrogen-bond donors (Lipinski definition) is 0. The molecule has 3 rings (SSSR count). The summed E-state index contributed by atoms with van der Waals surface area (Å²) >= 11 is 0. The zero-order valence-electron chi connectivity index (χ0n) is 10.8. The highest BCUT2D eigenvalue weighted by Crippen LogP contribution is 2.28. The molecule has 0 aliphatic carbocycles. The lowest BCUT2D eigenvalue weighted by molar-refractivity contribution is 1.12. The molecule has 2 aromatic carbocycles. The SMILES string of the molecule is Cc1ccc2nc3ccccc3nc2c1N(C)C. The van der Waals surface area contributed by atoms with E-state index in [0.717, 1.165) is 27.8 Å². The van der Waals surface area contributed by atoms with Crippen molar-refractivity contribution in [2.45, 2.75) is 6.92 Å². The van der Waals surface area contributed by atoms with Crippen LogP contribution in [0.5, 0.6) is 0 Å². The zero-order valence-corrected chi connectivity index (χ0v) is 10.8. The minimum Gasteiger partial charge on any atom is -0.376 e. The minimum atomic E-state index is 0.943. The van der Waals surface area contributed by atoms with Crippen LogP contribution in [-0.4, -0.2) is 24.1 Å². The molecule has 0 spiro atoms. The molecule has 0 unspecified atom stereocenters. The maximum Gasteiger partial charge on any atom is 0.113 e. The molecule has 0 atom stereocenters. The Balaban J connectivity index is 2.46. The van der Waals surface area contributed by atoms with Gasteiger partial charge in [0, 0.05) is 14.1 Å². The first-order chi connectivity index (χ1) is 8.66. The lowest BCUT2D eigenvalue weighted by atomic mass is 10.1. The van der Waals surface area contributed by atoms with Crippen molar-refractivity contribution in [2.24, 2.45) is 0 Å². The van der Waals surface area contributed by atoms with Gasteiger partial charge in [0.15, 0.2) is 0 Å². The molecule has 18 heavy (non-hydrogen) atoms. The Kier molecular flexibility index (Phi) is 2.40. The van der Waals surface area contributed by atoms with Crippen molar-refractivity contribution in [1.82, 2.24) is 9.97 Å². The maximum absolute atomic E-state index is 4.76. The fourth-order valence-electron chi connectivity index (χ4n) is 2.34. The van der Waals surface area contributed by atoms with Gasteiger partial charge in [0.05, 0.1) is 22.2 Å². The standard InChI is InChI=1S/C15H15N3/c1-10-8-9-13-14(15(10)18(2)3)17-12-7-5-4-6-11(12)16-13/h4-9H,1-3H3. The highest BCUT2D eigenvalue weighted by atomic mass is 15.1. The van der Waals surface area contributed by atoms with Crippen molar-refractivity contribution in [3.8, 4) is 0 Å². The van der Waals surface area contributed by atoms with Crippen LogP contribution in [0.2, 0.25) is 0 Å². The monoisotopic (exact) mass is 237 g/mol. The maximum atomic E-state index is 4.76. The van der Waals surface area contributed by atoms with Crippen molar-refractivity contribution >= 4 is 27.8 Å². The van der Waals surface area contributed by atoms with E-state index in [9.17, 15) is 0 Å². The van der Waals surface area contributed by atoms with Gasteiger partial charge in [-0.05, 0) is 30.7 Å². The lowest BCUT2D eigenvalue weighted by Crippen LogP contribution is -2.11. The number of aryl methyl sites for hydroxylation is 1. The van der Waals surface area contributed by atoms with Gasteiger partial charge in [0.25, 0.3) is 0 Å². The number of benzene rings is 2. The van der Waals surface area contributed by atoms with Gasteiger partial charge in [-0.15, -0.1) is 0 Å². The van der Waals surface area contributed by atoms with E-state index in [1.807, 2.05) is 44.4 Å². The molecule has 0 aliphatic heterocycles. The Hall–Kier alpha value is -2.16. The average Bonchev–Trinajstić information content (AvgIpc) is 2.36. The summed E-state index contributed by atoms with van der Waals surface area (Å²) in [6.07, 6.45) is 0. The topological polar surface area (TPSA) is 29.0 Å². The molecule has 0 aliphatic rings. The molecule has 0 N–H and O–H groups in total. The van der Waals surface area contributed by atoms with E-state index in [0.29, 0.717) is 0 Å². The van der Waals surface area contributed by atoms with Gasteiger partial charge in [0.1, 0.15) is 5.52 Å². The zero-order chi connectivity index (χ0) is 12.7. The van der Waals surface area contributed by atoms with E-state index in [1.54, 1.807) is 0 Å². The first-order valence-electron chi connectivity index (χ1n) is 6.00. The fraction of sp³-hybridized carbons (Fsp3) is 0.200. The average molecular weight is 237 g/mol. The van der Waals surface area contributed by atoms with Crippen molar-refractivity contribution in [1.29, 1.82) is 0 Å². The normalized spacial score (nSPS) is 11.1. The second-order valence-corrected chi connectivity index (χ2v) is 4.71. The molecular formula is C15H15N3. The van der Waals surface area contributed by atoms with Gasteiger partial charge in [-0.1, -0.05) is 18.2 Å². The highest BCUT2D eigenvalue weighted by molar-refractivity contribution is 5.95. The Morgan fingerprint density at radius 2 is 1.50 bits per heavy atom. The minimum absolute atomic E-state index is 0.943. The molecule has 3 heteroatoms. The van der Waals surface area contributed by atoms with E-state index in [2.05, 4.69) is 22.9 Å². The molecule has 3 nitrogen and oxygen atoms in total. The van der Waals surface area contributed by atoms with Crippen LogP contribution in [0.15, 0.2) is 36.4 Å². The molecule has 0 amide bonds. The van der Waals surface area contributed by atoms with Gasteiger partial charge in [-0.3, -0.25) is 0 Å². The lowest BCUT2D eigenvalue weighted by Gasteiger charge is -2.17. The molecule has 1 aromatic heterocycles. The van der Waals surface area contributed by atoms with Gasteiger partial charge in [-0.2, -0.15) is 0 Å². The number of hydrogen-bond acceptors (Lipinski definition) is 3. The molecule has 0 saturated carbocycles. The molecule has 3 aromatic rings. The van der Waals surface area contributed by atoms with Crippen LogP contribution in [0, 0.1) is 6.92 Å². The van der Waals surface area contributed by atoms with E-state index >= 15 is 0 Å². The number of para-hydroxylation sites is 2. The van der Waals surface area contributed by atoms with E-state index in [4.69, 9.17) is 4.98 Å². The van der Waals surface area contributed by atoms with Crippen LogP contribution in [0.4, 0.5) is 5.69 Å². The van der Waals surface area contributed by atoms with E-state index in [-0.39, 0.29) is 0 Å². The van der Waals surface area contributed by atoms with E-state index < -0.39 is 0 Å². The highest BCUT2D eigenvalue weighted by Gasteiger charge is 2.10. The predicted molar refractivity (Wildman–Crippen MR) is 76.1 cm³/mol. The van der Waals surface area contributed by atoms with Crippen LogP contribution in [0.3, 0.4) is 0 Å². The largest absolute Gasteiger partial charge is 0.376 e. The second kappa shape index (κ2) is 3.95. The first kappa shape index (κ1) is 11.0. The molecule has 0 radical (unpaired) electrons. The van der Waals surface area contributed by atoms with Crippen LogP contribution in [0.25, 0.3) is 22.1 Å². The predicted octanol–water partition coefficient (Wildman–Crippen LogP) is 3.16. The van der Waals surface area contributed by atoms with Crippen molar-refractivity contribution in [2.75, 3.05) is 19.0 Å². The molecule has 90 valence electrons. The van der Waals surface area contributed by atoms with Crippen LogP contribution >= 0.6 is 0 Å². The Morgan fingerprint density at radius 1 is 0.833 bits per heavy atom. The van der Waals surface area contributed by atoms with Crippen molar-refractivity contribution < 1.29 is 0 Å². The molecular weight excluding hydrogens is 222 g/mol. The van der Waals surface area contributed by atoms with Crippen molar-refractivity contribution in [3.05, 3.63) is 42.0 Å². The van der Waals surface area contributed by atoms with Gasteiger partial charge >= 0.3 is 0 Å². The Morgan fingerprint density at radius 3 is 2.17 bits per heavy atom. The number of rotatable bonds is 1. The molecule has 1 heterocycles. The molecule has 0 saturated heterocycles. The summed E-state index contributed by atoms with van der Waals surface area (Å²) in [4.78, 5) is 11.5. The summed E-state index contributed by atoms with van der Waals surface area (Å²) in [6.45, 7) is 2.10. The number of fused-ring (bicyclic) bond motifs is 2. The van der Waals surface area contributed by atoms with E-state index in [1.165, 1.54) is 5.56 Å². The Labute approximate surface area is 106 Å². The first-order valence-corrected chi connectivity index (χ1v) is 6.00. The second-order valence-electron chi connectivity index (χ2n) is 4.71. The third-order valence-electron chi connectivity index (χ3n) is 3.13. The Bertz CT molecular complexity index is 732. The number of nitrogens with zero attached hydrogens (tertiary/aromatic N) is 3. The molecule has 0 bridgehead atoms.